The van der Waals surface area contributed by atoms with Crippen molar-refractivity contribution in [3.05, 3.63) is 94.8 Å². The number of benzene rings is 3. The van der Waals surface area contributed by atoms with Crippen LogP contribution in [0, 0.1) is 6.92 Å². The molecule has 0 N–H and O–H groups in total. The molecule has 0 aliphatic heterocycles. The maximum absolute atomic E-state index is 13.4. The second-order valence-corrected chi connectivity index (χ2v) is 9.40. The standard InChI is InChI=1S/C22H18BrN3O3S/c1-16-7-5-6-10-20(16)26(30(27,28)19-8-3-2-4-9-19)15-21-24-25-22(29-21)17-11-13-18(23)14-12-17/h2-14H,15H2,1H3. The van der Waals surface area contributed by atoms with Gasteiger partial charge in [0.1, 0.15) is 6.54 Å². The summed E-state index contributed by atoms with van der Waals surface area (Å²) < 4.78 is 34.9. The van der Waals surface area contributed by atoms with Crippen molar-refractivity contribution in [1.82, 2.24) is 10.2 Å². The van der Waals surface area contributed by atoms with E-state index in [-0.39, 0.29) is 17.3 Å². The smallest absolute Gasteiger partial charge is 0.264 e. The zero-order chi connectivity index (χ0) is 21.1. The molecule has 0 fully saturated rings. The number of hydrogen-bond acceptors (Lipinski definition) is 5. The van der Waals surface area contributed by atoms with Crippen LogP contribution in [0.4, 0.5) is 5.69 Å². The summed E-state index contributed by atoms with van der Waals surface area (Å²) in [5.74, 6) is 0.537. The summed E-state index contributed by atoms with van der Waals surface area (Å²) in [5.41, 5.74) is 2.14. The summed E-state index contributed by atoms with van der Waals surface area (Å²) >= 11 is 3.39. The maximum Gasteiger partial charge on any atom is 0.264 e. The number of para-hydroxylation sites is 1. The van der Waals surface area contributed by atoms with E-state index in [1.165, 1.54) is 4.31 Å². The highest BCUT2D eigenvalue weighted by Gasteiger charge is 2.28. The molecule has 0 saturated carbocycles. The Balaban J connectivity index is 1.73. The molecule has 1 aromatic heterocycles. The molecule has 0 aliphatic carbocycles. The van der Waals surface area contributed by atoms with E-state index in [0.29, 0.717) is 11.6 Å². The molecule has 30 heavy (non-hydrogen) atoms. The number of hydrogen-bond donors (Lipinski definition) is 0. The van der Waals surface area contributed by atoms with Crippen LogP contribution in [0.15, 0.2) is 92.6 Å². The van der Waals surface area contributed by atoms with Gasteiger partial charge in [-0.05, 0) is 55.0 Å². The Bertz CT molecular complexity index is 1260. The fraction of sp³-hybridized carbons (Fsp3) is 0.0909. The van der Waals surface area contributed by atoms with Gasteiger partial charge in [-0.2, -0.15) is 0 Å². The highest BCUT2D eigenvalue weighted by molar-refractivity contribution is 9.10. The van der Waals surface area contributed by atoms with Gasteiger partial charge in [0.2, 0.25) is 11.8 Å². The SMILES string of the molecule is Cc1ccccc1N(Cc1nnc(-c2ccc(Br)cc2)o1)S(=O)(=O)c1ccccc1. The van der Waals surface area contributed by atoms with Crippen LogP contribution in [-0.2, 0) is 16.6 Å². The molecule has 0 bridgehead atoms. The first-order valence-electron chi connectivity index (χ1n) is 9.17. The summed E-state index contributed by atoms with van der Waals surface area (Å²) in [5, 5.41) is 8.17. The molecule has 4 aromatic rings. The second-order valence-electron chi connectivity index (χ2n) is 6.62. The van der Waals surface area contributed by atoms with Gasteiger partial charge in [0.25, 0.3) is 10.0 Å². The van der Waals surface area contributed by atoms with Crippen molar-refractivity contribution in [1.29, 1.82) is 0 Å². The van der Waals surface area contributed by atoms with Crippen molar-refractivity contribution in [3.63, 3.8) is 0 Å². The Kier molecular flexibility index (Phi) is 5.69. The summed E-state index contributed by atoms with van der Waals surface area (Å²) in [7, 11) is -3.84. The Labute approximate surface area is 183 Å². The molecule has 0 spiro atoms. The van der Waals surface area contributed by atoms with E-state index in [1.807, 2.05) is 43.3 Å². The molecule has 0 amide bonds. The lowest BCUT2D eigenvalue weighted by molar-refractivity contribution is 0.504. The summed E-state index contributed by atoms with van der Waals surface area (Å²) in [6.45, 7) is 1.79. The molecule has 4 rings (SSSR count). The quantitative estimate of drug-likeness (QED) is 0.376. The first-order valence-corrected chi connectivity index (χ1v) is 11.4. The fourth-order valence-electron chi connectivity index (χ4n) is 3.01. The fourth-order valence-corrected chi connectivity index (χ4v) is 4.78. The summed E-state index contributed by atoms with van der Waals surface area (Å²) in [6.07, 6.45) is 0. The first kappa shape index (κ1) is 20.3. The van der Waals surface area contributed by atoms with Crippen LogP contribution in [0.2, 0.25) is 0 Å². The molecule has 0 saturated heterocycles. The molecule has 152 valence electrons. The lowest BCUT2D eigenvalue weighted by Crippen LogP contribution is -2.31. The van der Waals surface area contributed by atoms with Gasteiger partial charge in [-0.1, -0.05) is 52.3 Å². The van der Waals surface area contributed by atoms with Crippen molar-refractivity contribution in [2.75, 3.05) is 4.31 Å². The molecule has 6 nitrogen and oxygen atoms in total. The van der Waals surface area contributed by atoms with Crippen molar-refractivity contribution < 1.29 is 12.8 Å². The molecular weight excluding hydrogens is 466 g/mol. The zero-order valence-corrected chi connectivity index (χ0v) is 18.5. The second kappa shape index (κ2) is 8.41. The number of halogens is 1. The summed E-state index contributed by atoms with van der Waals surface area (Å²) in [6, 6.07) is 23.1. The molecular formula is C22H18BrN3O3S. The van der Waals surface area contributed by atoms with Gasteiger partial charge in [-0.3, -0.25) is 4.31 Å². The minimum absolute atomic E-state index is 0.0778. The van der Waals surface area contributed by atoms with Crippen LogP contribution in [0.25, 0.3) is 11.5 Å². The van der Waals surface area contributed by atoms with Crippen LogP contribution in [0.3, 0.4) is 0 Å². The van der Waals surface area contributed by atoms with Gasteiger partial charge in [-0.15, -0.1) is 10.2 Å². The minimum Gasteiger partial charge on any atom is -0.419 e. The maximum atomic E-state index is 13.4. The third-order valence-electron chi connectivity index (χ3n) is 4.55. The topological polar surface area (TPSA) is 76.3 Å². The first-order chi connectivity index (χ1) is 14.4. The van der Waals surface area contributed by atoms with E-state index in [0.717, 1.165) is 15.6 Å². The third kappa shape index (κ3) is 4.15. The average Bonchev–Trinajstić information content (AvgIpc) is 3.22. The van der Waals surface area contributed by atoms with Crippen LogP contribution in [-0.4, -0.2) is 18.6 Å². The normalized spacial score (nSPS) is 11.4. The van der Waals surface area contributed by atoms with Crippen molar-refractivity contribution >= 4 is 31.6 Å². The van der Waals surface area contributed by atoms with E-state index in [1.54, 1.807) is 42.5 Å². The zero-order valence-electron chi connectivity index (χ0n) is 16.1. The number of sulfonamides is 1. The highest BCUT2D eigenvalue weighted by Crippen LogP contribution is 2.29. The number of rotatable bonds is 6. The summed E-state index contributed by atoms with van der Waals surface area (Å²) in [4.78, 5) is 0.195. The molecule has 1 heterocycles. The number of anilines is 1. The van der Waals surface area contributed by atoms with E-state index in [9.17, 15) is 8.42 Å². The van der Waals surface area contributed by atoms with E-state index in [4.69, 9.17) is 4.42 Å². The van der Waals surface area contributed by atoms with Gasteiger partial charge in [0, 0.05) is 10.0 Å². The average molecular weight is 484 g/mol. The van der Waals surface area contributed by atoms with Crippen LogP contribution >= 0.6 is 15.9 Å². The molecule has 3 aromatic carbocycles. The van der Waals surface area contributed by atoms with E-state index in [2.05, 4.69) is 26.1 Å². The van der Waals surface area contributed by atoms with E-state index < -0.39 is 10.0 Å². The predicted molar refractivity (Wildman–Crippen MR) is 118 cm³/mol. The van der Waals surface area contributed by atoms with Crippen LogP contribution in [0.1, 0.15) is 11.5 Å². The van der Waals surface area contributed by atoms with Crippen molar-refractivity contribution in [2.24, 2.45) is 0 Å². The van der Waals surface area contributed by atoms with Crippen molar-refractivity contribution in [2.45, 2.75) is 18.4 Å². The van der Waals surface area contributed by atoms with E-state index >= 15 is 0 Å². The number of aryl methyl sites for hydroxylation is 1. The molecule has 0 unspecified atom stereocenters. The van der Waals surface area contributed by atoms with Crippen molar-refractivity contribution in [3.8, 4) is 11.5 Å². The Morgan fingerprint density at radius 2 is 1.57 bits per heavy atom. The van der Waals surface area contributed by atoms with Gasteiger partial charge >= 0.3 is 0 Å². The van der Waals surface area contributed by atoms with Gasteiger partial charge in [-0.25, -0.2) is 8.42 Å². The lowest BCUT2D eigenvalue weighted by atomic mass is 10.2. The largest absolute Gasteiger partial charge is 0.419 e. The highest BCUT2D eigenvalue weighted by atomic mass is 79.9. The van der Waals surface area contributed by atoms with Gasteiger partial charge in [0.05, 0.1) is 10.6 Å². The molecule has 0 aliphatic rings. The number of aromatic nitrogens is 2. The van der Waals surface area contributed by atoms with Gasteiger partial charge < -0.3 is 4.42 Å². The Morgan fingerprint density at radius 1 is 0.900 bits per heavy atom. The van der Waals surface area contributed by atoms with Crippen LogP contribution in [0.5, 0.6) is 0 Å². The minimum atomic E-state index is -3.84. The number of nitrogens with zero attached hydrogens (tertiary/aromatic N) is 3. The monoisotopic (exact) mass is 483 g/mol. The van der Waals surface area contributed by atoms with Gasteiger partial charge in [0.15, 0.2) is 0 Å². The molecule has 8 heteroatoms. The lowest BCUT2D eigenvalue weighted by Gasteiger charge is -2.24. The molecule has 0 radical (unpaired) electrons. The Morgan fingerprint density at radius 3 is 2.27 bits per heavy atom. The molecule has 0 atom stereocenters. The predicted octanol–water partition coefficient (Wildman–Crippen LogP) is 5.20. The third-order valence-corrected chi connectivity index (χ3v) is 6.85. The van der Waals surface area contributed by atoms with Crippen LogP contribution < -0.4 is 4.31 Å². The Hall–Kier alpha value is -2.97.